The van der Waals surface area contributed by atoms with Crippen molar-refractivity contribution in [2.75, 3.05) is 13.1 Å². The summed E-state index contributed by atoms with van der Waals surface area (Å²) in [6.07, 6.45) is 8.48. The van der Waals surface area contributed by atoms with E-state index >= 15 is 0 Å². The number of hydrogen-bond donors (Lipinski definition) is 1. The van der Waals surface area contributed by atoms with Crippen molar-refractivity contribution < 1.29 is 9.90 Å². The third kappa shape index (κ3) is 4.67. The molecule has 0 bridgehead atoms. The maximum atomic E-state index is 13.6. The van der Waals surface area contributed by atoms with Gasteiger partial charge in [0.05, 0.1) is 17.5 Å². The molecule has 6 rings (SSSR count). The monoisotopic (exact) mass is 510 g/mol. The Hall–Kier alpha value is -3.71. The molecule has 1 N–H and O–H groups in total. The molecule has 4 aromatic rings. The molecule has 0 radical (unpaired) electrons. The van der Waals surface area contributed by atoms with E-state index in [1.807, 2.05) is 52.1 Å². The van der Waals surface area contributed by atoms with Gasteiger partial charge in [-0.1, -0.05) is 61.4 Å². The van der Waals surface area contributed by atoms with Crippen molar-refractivity contribution in [2.24, 2.45) is 5.92 Å². The average Bonchev–Trinajstić information content (AvgIpc) is 3.40. The Bertz CT molecular complexity index is 1470. The van der Waals surface area contributed by atoms with Crippen LogP contribution in [0.5, 0.6) is 0 Å². The topological polar surface area (TPSA) is 80.4 Å². The minimum absolute atomic E-state index is 0.000204. The highest BCUT2D eigenvalue weighted by Crippen LogP contribution is 2.39. The Labute approximate surface area is 222 Å². The Morgan fingerprint density at radius 3 is 2.37 bits per heavy atom. The Kier molecular flexibility index (Phi) is 6.62. The number of benzene rings is 2. The summed E-state index contributed by atoms with van der Waals surface area (Å²) in [6, 6.07) is 22.0. The number of carbonyl (C=O) groups excluding carboxylic acids is 1. The van der Waals surface area contributed by atoms with Crippen LogP contribution in [0.3, 0.4) is 0 Å². The third-order valence-electron chi connectivity index (χ3n) is 8.49. The highest BCUT2D eigenvalue weighted by atomic mass is 16.3. The van der Waals surface area contributed by atoms with Crippen LogP contribution in [-0.2, 0) is 11.3 Å². The van der Waals surface area contributed by atoms with E-state index in [0.29, 0.717) is 37.0 Å². The highest BCUT2D eigenvalue weighted by Gasteiger charge is 2.39. The lowest BCUT2D eigenvalue weighted by atomic mass is 9.74. The number of para-hydroxylation sites is 1. The molecule has 1 aliphatic carbocycles. The van der Waals surface area contributed by atoms with Crippen molar-refractivity contribution in [3.63, 3.8) is 0 Å². The molecule has 1 amide bonds. The molecule has 1 saturated carbocycles. The number of carbonyl (C=O) groups is 1. The van der Waals surface area contributed by atoms with E-state index in [4.69, 9.17) is 0 Å². The minimum atomic E-state index is -1.05. The Balaban J connectivity index is 1.15. The van der Waals surface area contributed by atoms with Crippen LogP contribution in [0.25, 0.3) is 16.7 Å². The Morgan fingerprint density at radius 2 is 1.63 bits per heavy atom. The van der Waals surface area contributed by atoms with E-state index in [0.717, 1.165) is 31.4 Å². The van der Waals surface area contributed by atoms with Crippen LogP contribution in [-0.4, -0.2) is 48.7 Å². The molecular formula is C31H34N4O3. The molecule has 196 valence electrons. The minimum Gasteiger partial charge on any atom is -0.388 e. The van der Waals surface area contributed by atoms with Gasteiger partial charge in [-0.2, -0.15) is 0 Å². The number of rotatable bonds is 5. The lowest BCUT2D eigenvalue weighted by molar-refractivity contribution is -0.142. The normalized spacial score (nSPS) is 21.4. The van der Waals surface area contributed by atoms with E-state index in [9.17, 15) is 14.7 Å². The Morgan fingerprint density at radius 1 is 0.947 bits per heavy atom. The fourth-order valence-corrected chi connectivity index (χ4v) is 6.34. The summed E-state index contributed by atoms with van der Waals surface area (Å²) >= 11 is 0. The SMILES string of the molecule is O=C(C1CCCCC1c1ccccc1)N1CCC(O)(Cn2cnc3c(ccn3-c3ccccc3)c2=O)CC1. The van der Waals surface area contributed by atoms with Gasteiger partial charge in [0.1, 0.15) is 6.33 Å². The fraction of sp³-hybridized carbons (Fsp3) is 0.387. The van der Waals surface area contributed by atoms with Crippen LogP contribution in [0, 0.1) is 5.92 Å². The fourth-order valence-electron chi connectivity index (χ4n) is 6.34. The molecule has 1 aliphatic heterocycles. The summed E-state index contributed by atoms with van der Waals surface area (Å²) in [5.41, 5.74) is 1.58. The maximum Gasteiger partial charge on any atom is 0.262 e. The molecule has 38 heavy (non-hydrogen) atoms. The highest BCUT2D eigenvalue weighted by molar-refractivity contribution is 5.80. The van der Waals surface area contributed by atoms with Gasteiger partial charge >= 0.3 is 0 Å². The number of fused-ring (bicyclic) bond motifs is 1. The first-order chi connectivity index (χ1) is 18.5. The lowest BCUT2D eigenvalue weighted by Crippen LogP contribution is -2.51. The molecule has 2 aromatic heterocycles. The van der Waals surface area contributed by atoms with Gasteiger partial charge in [-0.25, -0.2) is 4.98 Å². The largest absolute Gasteiger partial charge is 0.388 e. The molecule has 2 aliphatic rings. The third-order valence-corrected chi connectivity index (χ3v) is 8.49. The number of aliphatic hydroxyl groups is 1. The molecule has 2 aromatic carbocycles. The van der Waals surface area contributed by atoms with Crippen LogP contribution in [0.15, 0.2) is 84.0 Å². The van der Waals surface area contributed by atoms with Crippen LogP contribution in [0.2, 0.25) is 0 Å². The van der Waals surface area contributed by atoms with Crippen LogP contribution >= 0.6 is 0 Å². The van der Waals surface area contributed by atoms with Crippen LogP contribution < -0.4 is 5.56 Å². The van der Waals surface area contributed by atoms with Crippen molar-refractivity contribution in [1.82, 2.24) is 19.0 Å². The number of amides is 1. The van der Waals surface area contributed by atoms with Gasteiger partial charge in [0, 0.05) is 30.9 Å². The smallest absolute Gasteiger partial charge is 0.262 e. The molecule has 1 saturated heterocycles. The summed E-state index contributed by atoms with van der Waals surface area (Å²) in [5, 5.41) is 11.9. The molecule has 2 atom stereocenters. The standard InChI is InChI=1S/C31H34N4O3/c36-29(26-14-8-7-13-25(26)23-9-3-1-4-10-23)33-19-16-31(38,17-20-33)21-34-22-32-28-27(30(34)37)15-18-35(28)24-11-5-2-6-12-24/h1-6,9-12,15,18,22,25-26,38H,7-8,13-14,16-17,19-21H2. The van der Waals surface area contributed by atoms with Crippen molar-refractivity contribution in [3.05, 3.63) is 95.2 Å². The quantitative estimate of drug-likeness (QED) is 0.428. The number of likely N-dealkylation sites (tertiary alicyclic amines) is 1. The summed E-state index contributed by atoms with van der Waals surface area (Å²) < 4.78 is 3.41. The second-order valence-electron chi connectivity index (χ2n) is 10.9. The molecule has 2 fully saturated rings. The maximum absolute atomic E-state index is 13.6. The molecule has 3 heterocycles. The van der Waals surface area contributed by atoms with E-state index in [2.05, 4.69) is 29.2 Å². The van der Waals surface area contributed by atoms with Crippen LogP contribution in [0.1, 0.15) is 50.0 Å². The first kappa shape index (κ1) is 24.6. The average molecular weight is 511 g/mol. The van der Waals surface area contributed by atoms with Crippen LogP contribution in [0.4, 0.5) is 0 Å². The van der Waals surface area contributed by atoms with Gasteiger partial charge in [0.2, 0.25) is 5.91 Å². The van der Waals surface area contributed by atoms with Crippen molar-refractivity contribution in [1.29, 1.82) is 0 Å². The van der Waals surface area contributed by atoms with Crippen molar-refractivity contribution in [2.45, 2.75) is 56.6 Å². The molecule has 7 heteroatoms. The van der Waals surface area contributed by atoms with E-state index in [1.54, 1.807) is 6.07 Å². The predicted molar refractivity (Wildman–Crippen MR) is 147 cm³/mol. The van der Waals surface area contributed by atoms with E-state index in [-0.39, 0.29) is 29.8 Å². The first-order valence-electron chi connectivity index (χ1n) is 13.7. The number of nitrogens with zero attached hydrogens (tertiary/aromatic N) is 4. The zero-order valence-corrected chi connectivity index (χ0v) is 21.6. The van der Waals surface area contributed by atoms with E-state index < -0.39 is 5.60 Å². The summed E-state index contributed by atoms with van der Waals surface area (Å²) in [7, 11) is 0. The molecular weight excluding hydrogens is 476 g/mol. The van der Waals surface area contributed by atoms with E-state index in [1.165, 1.54) is 16.5 Å². The van der Waals surface area contributed by atoms with Gasteiger partial charge in [-0.3, -0.25) is 14.2 Å². The van der Waals surface area contributed by atoms with Gasteiger partial charge in [-0.15, -0.1) is 0 Å². The summed E-state index contributed by atoms with van der Waals surface area (Å²) in [5.74, 6) is 0.473. The zero-order valence-electron chi connectivity index (χ0n) is 21.6. The predicted octanol–water partition coefficient (Wildman–Crippen LogP) is 4.51. The van der Waals surface area contributed by atoms with Crippen molar-refractivity contribution >= 4 is 16.9 Å². The van der Waals surface area contributed by atoms with Gasteiger partial charge in [0.15, 0.2) is 5.65 Å². The number of piperidine rings is 1. The first-order valence-corrected chi connectivity index (χ1v) is 13.7. The second kappa shape index (κ2) is 10.2. The molecule has 2 unspecified atom stereocenters. The molecule has 0 spiro atoms. The zero-order chi connectivity index (χ0) is 26.1. The van der Waals surface area contributed by atoms with Gasteiger partial charge in [0.25, 0.3) is 5.56 Å². The summed E-state index contributed by atoms with van der Waals surface area (Å²) in [4.78, 5) is 33.4. The van der Waals surface area contributed by atoms with Gasteiger partial charge < -0.3 is 14.6 Å². The summed E-state index contributed by atoms with van der Waals surface area (Å²) in [6.45, 7) is 1.17. The number of hydrogen-bond acceptors (Lipinski definition) is 4. The molecule has 7 nitrogen and oxygen atoms in total. The second-order valence-corrected chi connectivity index (χ2v) is 10.9. The number of aromatic nitrogens is 3. The van der Waals surface area contributed by atoms with Gasteiger partial charge in [-0.05, 0) is 55.4 Å². The van der Waals surface area contributed by atoms with Crippen molar-refractivity contribution in [3.8, 4) is 5.69 Å². The lowest BCUT2D eigenvalue weighted by Gasteiger charge is -2.41.